The summed E-state index contributed by atoms with van der Waals surface area (Å²) in [5, 5.41) is 12.5. The van der Waals surface area contributed by atoms with Gasteiger partial charge in [0.25, 0.3) is 0 Å². The number of aliphatic hydroxyl groups is 1. The molecular weight excluding hydrogens is 304 g/mol. The maximum Gasteiger partial charge on any atom is 0.225 e. The second-order valence-electron chi connectivity index (χ2n) is 6.92. The molecule has 6 nitrogen and oxygen atoms in total. The summed E-state index contributed by atoms with van der Waals surface area (Å²) < 4.78 is 0. The number of anilines is 1. The lowest BCUT2D eigenvalue weighted by atomic mass is 9.95. The molecule has 134 valence electrons. The van der Waals surface area contributed by atoms with Crippen molar-refractivity contribution < 1.29 is 9.90 Å². The third-order valence-corrected chi connectivity index (χ3v) is 4.90. The molecule has 0 bridgehead atoms. The zero-order valence-electron chi connectivity index (χ0n) is 15.2. The number of carbonyl (C=O) groups is 1. The Morgan fingerprint density at radius 2 is 2.08 bits per heavy atom. The van der Waals surface area contributed by atoms with E-state index in [9.17, 15) is 9.90 Å². The summed E-state index contributed by atoms with van der Waals surface area (Å²) in [5.41, 5.74) is 1.89. The fourth-order valence-electron chi connectivity index (χ4n) is 3.17. The second-order valence-corrected chi connectivity index (χ2v) is 6.92. The van der Waals surface area contributed by atoms with Gasteiger partial charge in [0.2, 0.25) is 11.9 Å². The Hall–Kier alpha value is -1.69. The van der Waals surface area contributed by atoms with Crippen LogP contribution in [0.25, 0.3) is 0 Å². The Kier molecular flexibility index (Phi) is 6.54. The largest absolute Gasteiger partial charge is 0.394 e. The van der Waals surface area contributed by atoms with Crippen molar-refractivity contribution in [1.82, 2.24) is 15.3 Å². The summed E-state index contributed by atoms with van der Waals surface area (Å²) in [6.07, 6.45) is 2.74. The van der Waals surface area contributed by atoms with Crippen LogP contribution in [0.3, 0.4) is 0 Å². The standard InChI is InChI=1S/C18H30N4O2/c1-5-12(2)16(11-23)21-17(24)15-7-6-8-22(10-15)18-19-13(3)9-14(4)20-18/h9,12,15-16,23H,5-8,10-11H2,1-4H3,(H,21,24)/t12-,15?,16-/m1/s1. The van der Waals surface area contributed by atoms with E-state index in [1.165, 1.54) is 0 Å². The van der Waals surface area contributed by atoms with Crippen LogP contribution in [-0.2, 0) is 4.79 Å². The predicted molar refractivity (Wildman–Crippen MR) is 94.9 cm³/mol. The normalized spacial score (nSPS) is 20.5. The first-order valence-electron chi connectivity index (χ1n) is 8.93. The van der Waals surface area contributed by atoms with Crippen molar-refractivity contribution in [3.05, 3.63) is 17.5 Å². The van der Waals surface area contributed by atoms with Crippen molar-refractivity contribution in [1.29, 1.82) is 0 Å². The van der Waals surface area contributed by atoms with Crippen molar-refractivity contribution in [2.45, 2.75) is 53.0 Å². The SMILES string of the molecule is CC[C@@H](C)[C@@H](CO)NC(=O)C1CCCN(c2nc(C)cc(C)n2)C1. The van der Waals surface area contributed by atoms with E-state index in [1.54, 1.807) is 0 Å². The number of nitrogens with zero attached hydrogens (tertiary/aromatic N) is 3. The van der Waals surface area contributed by atoms with Crippen LogP contribution in [0.15, 0.2) is 6.07 Å². The number of nitrogens with one attached hydrogen (secondary N) is 1. The van der Waals surface area contributed by atoms with Gasteiger partial charge in [-0.05, 0) is 38.7 Å². The van der Waals surface area contributed by atoms with Gasteiger partial charge in [-0.2, -0.15) is 0 Å². The van der Waals surface area contributed by atoms with E-state index in [2.05, 4.69) is 34.0 Å². The third-order valence-electron chi connectivity index (χ3n) is 4.90. The first-order valence-corrected chi connectivity index (χ1v) is 8.93. The number of rotatable bonds is 6. The lowest BCUT2D eigenvalue weighted by molar-refractivity contribution is -0.126. The van der Waals surface area contributed by atoms with Gasteiger partial charge >= 0.3 is 0 Å². The van der Waals surface area contributed by atoms with Gasteiger partial charge in [0.1, 0.15) is 0 Å². The first-order chi connectivity index (χ1) is 11.4. The van der Waals surface area contributed by atoms with Crippen LogP contribution in [-0.4, -0.2) is 46.7 Å². The van der Waals surface area contributed by atoms with Gasteiger partial charge < -0.3 is 15.3 Å². The number of aryl methyl sites for hydroxylation is 2. The summed E-state index contributed by atoms with van der Waals surface area (Å²) in [5.74, 6) is 0.928. The predicted octanol–water partition coefficient (Wildman–Crippen LogP) is 1.83. The molecule has 2 rings (SSSR count). The van der Waals surface area contributed by atoms with Crippen LogP contribution in [0.2, 0.25) is 0 Å². The van der Waals surface area contributed by atoms with Crippen LogP contribution in [0.5, 0.6) is 0 Å². The molecule has 0 radical (unpaired) electrons. The molecule has 1 aromatic heterocycles. The maximum atomic E-state index is 12.6. The minimum absolute atomic E-state index is 0.0165. The molecule has 1 amide bonds. The lowest BCUT2D eigenvalue weighted by Crippen LogP contribution is -2.49. The molecule has 1 unspecified atom stereocenters. The molecular formula is C18H30N4O2. The molecule has 1 aromatic rings. The van der Waals surface area contributed by atoms with E-state index < -0.39 is 0 Å². The topological polar surface area (TPSA) is 78.4 Å². The molecule has 0 spiro atoms. The Labute approximate surface area is 144 Å². The van der Waals surface area contributed by atoms with Gasteiger partial charge in [0.15, 0.2) is 0 Å². The lowest BCUT2D eigenvalue weighted by Gasteiger charge is -2.33. The number of piperidine rings is 1. The van der Waals surface area contributed by atoms with Crippen LogP contribution < -0.4 is 10.2 Å². The Morgan fingerprint density at radius 3 is 2.67 bits per heavy atom. The maximum absolute atomic E-state index is 12.6. The molecule has 1 fully saturated rings. The highest BCUT2D eigenvalue weighted by atomic mass is 16.3. The summed E-state index contributed by atoms with van der Waals surface area (Å²) in [7, 11) is 0. The van der Waals surface area contributed by atoms with Crippen molar-refractivity contribution in [3.8, 4) is 0 Å². The number of aromatic nitrogens is 2. The fraction of sp³-hybridized carbons (Fsp3) is 0.722. The summed E-state index contributed by atoms with van der Waals surface area (Å²) in [6, 6.07) is 1.78. The molecule has 3 atom stereocenters. The molecule has 0 saturated carbocycles. The summed E-state index contributed by atoms with van der Waals surface area (Å²) in [6.45, 7) is 9.54. The van der Waals surface area contributed by atoms with Gasteiger partial charge in [-0.15, -0.1) is 0 Å². The molecule has 0 aliphatic carbocycles. The smallest absolute Gasteiger partial charge is 0.225 e. The number of hydrogen-bond donors (Lipinski definition) is 2. The minimum atomic E-state index is -0.171. The van der Waals surface area contributed by atoms with E-state index >= 15 is 0 Å². The van der Waals surface area contributed by atoms with Gasteiger partial charge in [0.05, 0.1) is 18.6 Å². The average molecular weight is 334 g/mol. The van der Waals surface area contributed by atoms with E-state index in [0.29, 0.717) is 12.5 Å². The van der Waals surface area contributed by atoms with Crippen LogP contribution in [0.1, 0.15) is 44.5 Å². The molecule has 1 saturated heterocycles. The Balaban J connectivity index is 2.03. The van der Waals surface area contributed by atoms with E-state index in [1.807, 2.05) is 19.9 Å². The zero-order chi connectivity index (χ0) is 17.7. The van der Waals surface area contributed by atoms with Gasteiger partial charge in [-0.1, -0.05) is 20.3 Å². The van der Waals surface area contributed by atoms with Crippen LogP contribution in [0, 0.1) is 25.7 Å². The monoisotopic (exact) mass is 334 g/mol. The highest BCUT2D eigenvalue weighted by Crippen LogP contribution is 2.21. The highest BCUT2D eigenvalue weighted by Gasteiger charge is 2.29. The number of hydrogen-bond acceptors (Lipinski definition) is 5. The zero-order valence-corrected chi connectivity index (χ0v) is 15.2. The number of carbonyl (C=O) groups excluding carboxylic acids is 1. The van der Waals surface area contributed by atoms with Crippen molar-refractivity contribution in [3.63, 3.8) is 0 Å². The molecule has 2 heterocycles. The average Bonchev–Trinajstić information content (AvgIpc) is 2.58. The molecule has 1 aliphatic heterocycles. The van der Waals surface area contributed by atoms with E-state index in [4.69, 9.17) is 0 Å². The Morgan fingerprint density at radius 1 is 1.42 bits per heavy atom. The fourth-order valence-corrected chi connectivity index (χ4v) is 3.17. The quantitative estimate of drug-likeness (QED) is 0.830. The van der Waals surface area contributed by atoms with Crippen LogP contribution >= 0.6 is 0 Å². The first kappa shape index (κ1) is 18.6. The molecule has 2 N–H and O–H groups in total. The van der Waals surface area contributed by atoms with Gasteiger partial charge in [0, 0.05) is 24.5 Å². The molecule has 6 heteroatoms. The molecule has 24 heavy (non-hydrogen) atoms. The Bertz CT molecular complexity index is 544. The molecule has 0 aromatic carbocycles. The third kappa shape index (κ3) is 4.66. The minimum Gasteiger partial charge on any atom is -0.394 e. The highest BCUT2D eigenvalue weighted by molar-refractivity contribution is 5.79. The van der Waals surface area contributed by atoms with Crippen LogP contribution in [0.4, 0.5) is 5.95 Å². The number of aliphatic hydroxyl groups excluding tert-OH is 1. The van der Waals surface area contributed by atoms with E-state index in [0.717, 1.165) is 37.2 Å². The summed E-state index contributed by atoms with van der Waals surface area (Å²) in [4.78, 5) is 23.7. The number of amides is 1. The van der Waals surface area contributed by atoms with E-state index in [-0.39, 0.29) is 30.4 Å². The van der Waals surface area contributed by atoms with Gasteiger partial charge in [-0.3, -0.25) is 4.79 Å². The second kappa shape index (κ2) is 8.42. The van der Waals surface area contributed by atoms with Crippen molar-refractivity contribution in [2.75, 3.05) is 24.6 Å². The van der Waals surface area contributed by atoms with Gasteiger partial charge in [-0.25, -0.2) is 9.97 Å². The molecule has 1 aliphatic rings. The van der Waals surface area contributed by atoms with Crippen molar-refractivity contribution >= 4 is 11.9 Å². The summed E-state index contributed by atoms with van der Waals surface area (Å²) >= 11 is 0. The van der Waals surface area contributed by atoms with Crippen molar-refractivity contribution in [2.24, 2.45) is 11.8 Å².